The SMILES string of the molecule is CC(C)C1c2nccn2CCCN1C(=O)C1CCOCC1. The fourth-order valence-electron chi connectivity index (χ4n) is 3.55. The van der Waals surface area contributed by atoms with E-state index in [0.29, 0.717) is 25.0 Å². The average molecular weight is 291 g/mol. The van der Waals surface area contributed by atoms with E-state index in [0.717, 1.165) is 38.2 Å². The van der Waals surface area contributed by atoms with Crippen LogP contribution in [0.2, 0.25) is 0 Å². The van der Waals surface area contributed by atoms with Crippen LogP contribution in [0.15, 0.2) is 12.4 Å². The van der Waals surface area contributed by atoms with Crippen LogP contribution in [0, 0.1) is 11.8 Å². The van der Waals surface area contributed by atoms with Crippen molar-refractivity contribution < 1.29 is 9.53 Å². The molecule has 0 saturated carbocycles. The summed E-state index contributed by atoms with van der Waals surface area (Å²) in [5.74, 6) is 1.84. The van der Waals surface area contributed by atoms with Gasteiger partial charge in [0.2, 0.25) is 5.91 Å². The van der Waals surface area contributed by atoms with Gasteiger partial charge >= 0.3 is 0 Å². The van der Waals surface area contributed by atoms with Gasteiger partial charge in [-0.15, -0.1) is 0 Å². The van der Waals surface area contributed by atoms with Crippen LogP contribution in [0.3, 0.4) is 0 Å². The Balaban J connectivity index is 1.87. The zero-order valence-electron chi connectivity index (χ0n) is 13.0. The summed E-state index contributed by atoms with van der Waals surface area (Å²) in [7, 11) is 0. The third-order valence-corrected chi connectivity index (χ3v) is 4.63. The van der Waals surface area contributed by atoms with Crippen LogP contribution in [-0.2, 0) is 16.1 Å². The lowest BCUT2D eigenvalue weighted by atomic mass is 9.95. The monoisotopic (exact) mass is 291 g/mol. The van der Waals surface area contributed by atoms with Crippen molar-refractivity contribution in [1.29, 1.82) is 0 Å². The Morgan fingerprint density at radius 1 is 1.33 bits per heavy atom. The first-order chi connectivity index (χ1) is 10.2. The first-order valence-electron chi connectivity index (χ1n) is 8.07. The van der Waals surface area contributed by atoms with Crippen molar-refractivity contribution in [1.82, 2.24) is 14.5 Å². The van der Waals surface area contributed by atoms with Crippen LogP contribution in [0.5, 0.6) is 0 Å². The van der Waals surface area contributed by atoms with Gasteiger partial charge in [0.1, 0.15) is 5.82 Å². The Bertz CT molecular complexity index is 491. The molecule has 3 heterocycles. The van der Waals surface area contributed by atoms with Gasteiger partial charge in [0, 0.05) is 44.6 Å². The molecule has 0 spiro atoms. The first kappa shape index (κ1) is 14.6. The van der Waals surface area contributed by atoms with Crippen molar-refractivity contribution in [2.75, 3.05) is 19.8 Å². The molecule has 0 aliphatic carbocycles. The molecule has 1 unspecified atom stereocenters. The quantitative estimate of drug-likeness (QED) is 0.839. The molecule has 1 amide bonds. The summed E-state index contributed by atoms with van der Waals surface area (Å²) in [4.78, 5) is 19.6. The highest BCUT2D eigenvalue weighted by Gasteiger charge is 2.36. The fraction of sp³-hybridized carbons (Fsp3) is 0.750. The number of fused-ring (bicyclic) bond motifs is 1. The zero-order chi connectivity index (χ0) is 14.8. The van der Waals surface area contributed by atoms with Crippen LogP contribution >= 0.6 is 0 Å². The molecule has 5 heteroatoms. The third-order valence-electron chi connectivity index (χ3n) is 4.63. The largest absolute Gasteiger partial charge is 0.381 e. The van der Waals surface area contributed by atoms with Crippen molar-refractivity contribution in [3.63, 3.8) is 0 Å². The summed E-state index contributed by atoms with van der Waals surface area (Å²) in [5, 5.41) is 0. The highest BCUT2D eigenvalue weighted by molar-refractivity contribution is 5.79. The van der Waals surface area contributed by atoms with Gasteiger partial charge in [-0.3, -0.25) is 4.79 Å². The lowest BCUT2D eigenvalue weighted by Crippen LogP contribution is -2.42. The maximum Gasteiger partial charge on any atom is 0.226 e. The van der Waals surface area contributed by atoms with E-state index in [-0.39, 0.29) is 12.0 Å². The Labute approximate surface area is 126 Å². The second kappa shape index (κ2) is 6.18. The summed E-state index contributed by atoms with van der Waals surface area (Å²) < 4.78 is 7.60. The average Bonchev–Trinajstić information content (AvgIpc) is 2.86. The molecular formula is C16H25N3O2. The molecule has 116 valence electrons. The van der Waals surface area contributed by atoms with Gasteiger partial charge < -0.3 is 14.2 Å². The minimum Gasteiger partial charge on any atom is -0.381 e. The zero-order valence-corrected chi connectivity index (χ0v) is 13.0. The maximum absolute atomic E-state index is 13.0. The third kappa shape index (κ3) is 2.84. The molecule has 2 aliphatic rings. The summed E-state index contributed by atoms with van der Waals surface area (Å²) >= 11 is 0. The number of carbonyl (C=O) groups is 1. The number of hydrogen-bond acceptors (Lipinski definition) is 3. The van der Waals surface area contributed by atoms with E-state index < -0.39 is 0 Å². The molecule has 1 fully saturated rings. The number of nitrogens with zero attached hydrogens (tertiary/aromatic N) is 3. The van der Waals surface area contributed by atoms with Gasteiger partial charge in [0.05, 0.1) is 6.04 Å². The number of amides is 1. The minimum absolute atomic E-state index is 0.0952. The molecule has 2 aliphatic heterocycles. The van der Waals surface area contributed by atoms with Crippen molar-refractivity contribution in [2.24, 2.45) is 11.8 Å². The molecule has 1 saturated heterocycles. The Kier molecular flexibility index (Phi) is 4.29. The maximum atomic E-state index is 13.0. The van der Waals surface area contributed by atoms with Crippen LogP contribution in [0.4, 0.5) is 0 Å². The topological polar surface area (TPSA) is 47.4 Å². The van der Waals surface area contributed by atoms with Crippen molar-refractivity contribution >= 4 is 5.91 Å². The molecular weight excluding hydrogens is 266 g/mol. The van der Waals surface area contributed by atoms with Crippen molar-refractivity contribution in [2.45, 2.75) is 45.7 Å². The van der Waals surface area contributed by atoms with Gasteiger partial charge in [-0.25, -0.2) is 4.98 Å². The van der Waals surface area contributed by atoms with Crippen molar-refractivity contribution in [3.05, 3.63) is 18.2 Å². The van der Waals surface area contributed by atoms with E-state index in [1.807, 2.05) is 12.4 Å². The lowest BCUT2D eigenvalue weighted by Gasteiger charge is -2.35. The van der Waals surface area contributed by atoms with E-state index in [4.69, 9.17) is 4.74 Å². The van der Waals surface area contributed by atoms with E-state index in [1.165, 1.54) is 0 Å². The van der Waals surface area contributed by atoms with Crippen molar-refractivity contribution in [3.8, 4) is 0 Å². The number of imidazole rings is 1. The lowest BCUT2D eigenvalue weighted by molar-refractivity contribution is -0.142. The number of rotatable bonds is 2. The molecule has 0 aromatic carbocycles. The number of carbonyl (C=O) groups excluding carboxylic acids is 1. The van der Waals surface area contributed by atoms with Gasteiger partial charge in [0.15, 0.2) is 0 Å². The second-order valence-electron chi connectivity index (χ2n) is 6.44. The molecule has 1 aromatic heterocycles. The smallest absolute Gasteiger partial charge is 0.226 e. The number of aromatic nitrogens is 2. The Morgan fingerprint density at radius 2 is 2.10 bits per heavy atom. The van der Waals surface area contributed by atoms with E-state index >= 15 is 0 Å². The molecule has 0 radical (unpaired) electrons. The number of aryl methyl sites for hydroxylation is 1. The van der Waals surface area contributed by atoms with Gasteiger partial charge in [-0.2, -0.15) is 0 Å². The molecule has 0 N–H and O–H groups in total. The summed E-state index contributed by atoms with van der Waals surface area (Å²) in [5.41, 5.74) is 0. The van der Waals surface area contributed by atoms with Crippen LogP contribution in [0.25, 0.3) is 0 Å². The minimum atomic E-state index is 0.0952. The standard InChI is InChI=1S/C16H25N3O2/c1-12(2)14-15-17-6-9-18(15)7-3-8-19(14)16(20)13-4-10-21-11-5-13/h6,9,12-14H,3-5,7-8,10-11H2,1-2H3. The van der Waals surface area contributed by atoms with Gasteiger partial charge in [-0.05, 0) is 25.2 Å². The van der Waals surface area contributed by atoms with Gasteiger partial charge in [-0.1, -0.05) is 13.8 Å². The van der Waals surface area contributed by atoms with Crippen LogP contribution < -0.4 is 0 Å². The van der Waals surface area contributed by atoms with Crippen LogP contribution in [0.1, 0.15) is 45.0 Å². The predicted octanol–water partition coefficient (Wildman–Crippen LogP) is 2.24. The van der Waals surface area contributed by atoms with E-state index in [2.05, 4.69) is 28.3 Å². The molecule has 5 nitrogen and oxygen atoms in total. The first-order valence-corrected chi connectivity index (χ1v) is 8.07. The highest BCUT2D eigenvalue weighted by atomic mass is 16.5. The normalized spacial score (nSPS) is 24.0. The number of hydrogen-bond donors (Lipinski definition) is 0. The predicted molar refractivity (Wildman–Crippen MR) is 79.7 cm³/mol. The summed E-state index contributed by atoms with van der Waals surface area (Å²) in [6, 6.07) is 0.0952. The molecule has 3 rings (SSSR count). The highest BCUT2D eigenvalue weighted by Crippen LogP contribution is 2.32. The Hall–Kier alpha value is -1.36. The molecule has 0 bridgehead atoms. The Morgan fingerprint density at radius 3 is 2.81 bits per heavy atom. The summed E-state index contributed by atoms with van der Waals surface area (Å²) in [6.07, 6.45) is 6.60. The molecule has 1 aromatic rings. The van der Waals surface area contributed by atoms with E-state index in [9.17, 15) is 4.79 Å². The van der Waals surface area contributed by atoms with Gasteiger partial charge in [0.25, 0.3) is 0 Å². The van der Waals surface area contributed by atoms with E-state index in [1.54, 1.807) is 0 Å². The molecule has 21 heavy (non-hydrogen) atoms. The molecule has 1 atom stereocenters. The fourth-order valence-corrected chi connectivity index (χ4v) is 3.55. The van der Waals surface area contributed by atoms with Crippen LogP contribution in [-0.4, -0.2) is 40.1 Å². The summed E-state index contributed by atoms with van der Waals surface area (Å²) in [6.45, 7) is 7.58. The second-order valence-corrected chi connectivity index (χ2v) is 6.44. The number of ether oxygens (including phenoxy) is 1.